The van der Waals surface area contributed by atoms with Gasteiger partial charge in [-0.1, -0.05) is 0 Å². The largest absolute Gasteiger partial charge is 0.354 e. The van der Waals surface area contributed by atoms with Gasteiger partial charge in [0.1, 0.15) is 6.04 Å². The molecule has 0 radical (unpaired) electrons. The van der Waals surface area contributed by atoms with Gasteiger partial charge in [-0.15, -0.1) is 11.6 Å². The molecule has 1 unspecified atom stereocenters. The van der Waals surface area contributed by atoms with Crippen LogP contribution in [0.5, 0.6) is 0 Å². The third kappa shape index (κ3) is 4.06. The molecule has 1 atom stereocenters. The van der Waals surface area contributed by atoms with Gasteiger partial charge in [-0.2, -0.15) is 0 Å². The number of carbonyl (C=O) groups is 3. The Hall–Kier alpha value is -1.30. The predicted molar refractivity (Wildman–Crippen MR) is 58.0 cm³/mol. The van der Waals surface area contributed by atoms with Crippen LogP contribution >= 0.6 is 11.6 Å². The van der Waals surface area contributed by atoms with Crippen LogP contribution in [0.4, 0.5) is 4.79 Å². The average Bonchev–Trinajstić information content (AvgIpc) is 2.21. The molecule has 0 saturated carbocycles. The van der Waals surface area contributed by atoms with Crippen molar-refractivity contribution in [3.63, 3.8) is 0 Å². The minimum atomic E-state index is -0.655. The predicted octanol–water partition coefficient (Wildman–Crippen LogP) is -0.280. The van der Waals surface area contributed by atoms with Gasteiger partial charge in [-0.3, -0.25) is 14.9 Å². The molecule has 0 aromatic carbocycles. The molecule has 0 spiro atoms. The second-order valence-corrected chi connectivity index (χ2v) is 3.82. The molecule has 1 rings (SSSR count). The van der Waals surface area contributed by atoms with E-state index in [-0.39, 0.29) is 18.2 Å². The summed E-state index contributed by atoms with van der Waals surface area (Å²) in [6.45, 7) is 0.629. The second-order valence-electron chi connectivity index (χ2n) is 3.45. The van der Waals surface area contributed by atoms with Crippen LogP contribution in [-0.2, 0) is 9.59 Å². The maximum absolute atomic E-state index is 11.3. The van der Waals surface area contributed by atoms with E-state index in [0.29, 0.717) is 13.0 Å². The van der Waals surface area contributed by atoms with Crippen molar-refractivity contribution in [2.75, 3.05) is 12.4 Å². The average molecular weight is 248 g/mol. The second kappa shape index (κ2) is 6.32. The van der Waals surface area contributed by atoms with Crippen molar-refractivity contribution >= 4 is 29.4 Å². The number of nitrogens with one attached hydrogen (secondary N) is 3. The summed E-state index contributed by atoms with van der Waals surface area (Å²) in [5.41, 5.74) is 0. The molecule has 90 valence electrons. The highest BCUT2D eigenvalue weighted by Gasteiger charge is 2.23. The number of halogens is 1. The number of amides is 4. The normalized spacial score (nSPS) is 19.8. The first-order chi connectivity index (χ1) is 7.63. The molecule has 7 heteroatoms. The first kappa shape index (κ1) is 12.8. The van der Waals surface area contributed by atoms with Gasteiger partial charge in [-0.25, -0.2) is 4.79 Å². The maximum Gasteiger partial charge on any atom is 0.322 e. The van der Waals surface area contributed by atoms with Gasteiger partial charge in [0.05, 0.1) is 0 Å². The minimum Gasteiger partial charge on any atom is -0.354 e. The summed E-state index contributed by atoms with van der Waals surface area (Å²) >= 11 is 5.34. The number of carbonyl (C=O) groups excluding carboxylic acids is 3. The molecule has 1 fully saturated rings. The molecule has 6 nitrogen and oxygen atoms in total. The first-order valence-electron chi connectivity index (χ1n) is 5.07. The van der Waals surface area contributed by atoms with E-state index in [1.165, 1.54) is 0 Å². The highest BCUT2D eigenvalue weighted by Crippen LogP contribution is 2.02. The van der Waals surface area contributed by atoms with Crippen molar-refractivity contribution in [2.24, 2.45) is 0 Å². The fourth-order valence-corrected chi connectivity index (χ4v) is 1.55. The van der Waals surface area contributed by atoms with E-state index in [1.807, 2.05) is 0 Å². The molecule has 1 aliphatic rings. The van der Waals surface area contributed by atoms with Crippen LogP contribution < -0.4 is 16.0 Å². The summed E-state index contributed by atoms with van der Waals surface area (Å²) < 4.78 is 0. The summed E-state index contributed by atoms with van der Waals surface area (Å²) in [6.07, 6.45) is 1.47. The number of rotatable bonds is 3. The van der Waals surface area contributed by atoms with Crippen LogP contribution in [0, 0.1) is 0 Å². The number of piperidine rings is 1. The Kier molecular flexibility index (Phi) is 5.04. The zero-order chi connectivity index (χ0) is 12.0. The van der Waals surface area contributed by atoms with E-state index in [2.05, 4.69) is 16.0 Å². The van der Waals surface area contributed by atoms with Gasteiger partial charge < -0.3 is 10.6 Å². The van der Waals surface area contributed by atoms with E-state index < -0.39 is 18.0 Å². The smallest absolute Gasteiger partial charge is 0.322 e. The van der Waals surface area contributed by atoms with E-state index in [1.54, 1.807) is 0 Å². The first-order valence-corrected chi connectivity index (χ1v) is 5.61. The topological polar surface area (TPSA) is 87.3 Å². The van der Waals surface area contributed by atoms with Crippen molar-refractivity contribution < 1.29 is 14.4 Å². The van der Waals surface area contributed by atoms with Gasteiger partial charge in [0.2, 0.25) is 11.8 Å². The van der Waals surface area contributed by atoms with Gasteiger partial charge in [0.25, 0.3) is 0 Å². The fraction of sp³-hybridized carbons (Fsp3) is 0.667. The number of imide groups is 1. The number of hydrogen-bond donors (Lipinski definition) is 3. The van der Waals surface area contributed by atoms with Crippen molar-refractivity contribution in [1.82, 2.24) is 16.0 Å². The summed E-state index contributed by atoms with van der Waals surface area (Å²) in [5, 5.41) is 7.16. The molecule has 3 N–H and O–H groups in total. The maximum atomic E-state index is 11.3. The van der Waals surface area contributed by atoms with Crippen LogP contribution in [-0.4, -0.2) is 36.3 Å². The van der Waals surface area contributed by atoms with Gasteiger partial charge >= 0.3 is 6.03 Å². The Morgan fingerprint density at radius 1 is 1.50 bits per heavy atom. The Morgan fingerprint density at radius 3 is 2.88 bits per heavy atom. The lowest BCUT2D eigenvalue weighted by atomic mass is 10.1. The van der Waals surface area contributed by atoms with Crippen molar-refractivity contribution in [3.05, 3.63) is 0 Å². The highest BCUT2D eigenvalue weighted by molar-refractivity contribution is 6.19. The molecule has 1 saturated heterocycles. The van der Waals surface area contributed by atoms with Crippen molar-refractivity contribution in [2.45, 2.75) is 25.3 Å². The van der Waals surface area contributed by atoms with E-state index in [9.17, 15) is 14.4 Å². The van der Waals surface area contributed by atoms with Crippen LogP contribution in [0.25, 0.3) is 0 Å². The standard InChI is InChI=1S/C9H14ClN3O3/c10-4-3-7(14)13-9(16)12-6-2-1-5-11-8(6)15/h6H,1-5H2,(H,11,15)(H2,12,13,14,16). The molecule has 1 aliphatic heterocycles. The Morgan fingerprint density at radius 2 is 2.25 bits per heavy atom. The summed E-state index contributed by atoms with van der Waals surface area (Å²) in [5.74, 6) is -0.516. The molecule has 1 heterocycles. The number of alkyl halides is 1. The van der Waals surface area contributed by atoms with Crippen molar-refractivity contribution in [3.8, 4) is 0 Å². The lowest BCUT2D eigenvalue weighted by molar-refractivity contribution is -0.124. The van der Waals surface area contributed by atoms with Gasteiger partial charge in [-0.05, 0) is 12.8 Å². The van der Waals surface area contributed by atoms with Crippen LogP contribution in [0.15, 0.2) is 0 Å². The quantitative estimate of drug-likeness (QED) is 0.600. The minimum absolute atomic E-state index is 0.0752. The number of urea groups is 1. The van der Waals surface area contributed by atoms with Crippen LogP contribution in [0.1, 0.15) is 19.3 Å². The molecule has 0 aromatic rings. The third-order valence-electron chi connectivity index (χ3n) is 2.17. The lowest BCUT2D eigenvalue weighted by Crippen LogP contribution is -2.53. The molecule has 0 aromatic heterocycles. The van der Waals surface area contributed by atoms with E-state index in [0.717, 1.165) is 6.42 Å². The Bertz CT molecular complexity index is 296. The SMILES string of the molecule is O=C(CCCl)NC(=O)NC1CCCNC1=O. The van der Waals surface area contributed by atoms with Gasteiger partial charge in [0, 0.05) is 18.8 Å². The Labute approximate surface area is 98.1 Å². The van der Waals surface area contributed by atoms with Crippen molar-refractivity contribution in [1.29, 1.82) is 0 Å². The molecular formula is C9H14ClN3O3. The highest BCUT2D eigenvalue weighted by atomic mass is 35.5. The third-order valence-corrected chi connectivity index (χ3v) is 2.35. The zero-order valence-corrected chi connectivity index (χ0v) is 9.47. The molecule has 0 aliphatic carbocycles. The summed E-state index contributed by atoms with van der Waals surface area (Å²) in [7, 11) is 0. The van der Waals surface area contributed by atoms with Gasteiger partial charge in [0.15, 0.2) is 0 Å². The monoisotopic (exact) mass is 247 g/mol. The summed E-state index contributed by atoms with van der Waals surface area (Å²) in [4.78, 5) is 33.6. The molecule has 0 bridgehead atoms. The van der Waals surface area contributed by atoms with Crippen LogP contribution in [0.3, 0.4) is 0 Å². The lowest BCUT2D eigenvalue weighted by Gasteiger charge is -2.22. The molecule has 4 amide bonds. The van der Waals surface area contributed by atoms with E-state index >= 15 is 0 Å². The fourth-order valence-electron chi connectivity index (χ4n) is 1.38. The molecular weight excluding hydrogens is 234 g/mol. The van der Waals surface area contributed by atoms with Crippen LogP contribution in [0.2, 0.25) is 0 Å². The zero-order valence-electron chi connectivity index (χ0n) is 8.72. The molecule has 16 heavy (non-hydrogen) atoms. The summed E-state index contributed by atoms with van der Waals surface area (Å²) in [6, 6.07) is -1.21. The van der Waals surface area contributed by atoms with E-state index in [4.69, 9.17) is 11.6 Å². The Balaban J connectivity index is 2.32. The number of hydrogen-bond acceptors (Lipinski definition) is 3.